The zero-order chi connectivity index (χ0) is 15.3. The molecule has 0 rings (SSSR count). The molecule has 0 aromatic heterocycles. The lowest BCUT2D eigenvalue weighted by Crippen LogP contribution is -2.24. The van der Waals surface area contributed by atoms with E-state index in [1.54, 1.807) is 0 Å². The van der Waals surface area contributed by atoms with Crippen LogP contribution in [0.5, 0.6) is 0 Å². The van der Waals surface area contributed by atoms with Gasteiger partial charge in [0.1, 0.15) is 0 Å². The first-order valence-corrected chi connectivity index (χ1v) is 7.30. The van der Waals surface area contributed by atoms with Crippen molar-refractivity contribution in [2.24, 2.45) is 0 Å². The van der Waals surface area contributed by atoms with E-state index in [0.717, 1.165) is 4.67 Å². The molecule has 0 aromatic rings. The van der Waals surface area contributed by atoms with Crippen LogP contribution >= 0.6 is 41.3 Å². The summed E-state index contributed by atoms with van der Waals surface area (Å²) < 4.78 is 46.8. The number of rotatable bonds is 9. The highest BCUT2D eigenvalue weighted by Gasteiger charge is 2.28. The first kappa shape index (κ1) is 9.76. The van der Waals surface area contributed by atoms with E-state index in [-0.39, 0.29) is 6.61 Å². The quantitative estimate of drug-likeness (QED) is 0.281. The number of hydrogen-bond donors (Lipinski definition) is 0. The molecule has 0 amide bonds. The summed E-state index contributed by atoms with van der Waals surface area (Å²) in [6.07, 6.45) is 1.93. The molecule has 0 N–H and O–H groups in total. The monoisotopic (exact) mass is 297 g/mol. The summed E-state index contributed by atoms with van der Waals surface area (Å²) >= 11 is 16.5. The zero-order valence-corrected chi connectivity index (χ0v) is 11.1. The predicted octanol–water partition coefficient (Wildman–Crippen LogP) is 3.71. The maximum atomic E-state index is 12.1. The number of nitrogens with zero attached hydrogens (tertiary/aromatic N) is 1. The van der Waals surface area contributed by atoms with Crippen LogP contribution < -0.4 is 0 Å². The molecule has 1 atom stereocenters. The van der Waals surface area contributed by atoms with E-state index < -0.39 is 31.6 Å². The average molecular weight is 299 g/mol. The molecule has 0 spiro atoms. The van der Waals surface area contributed by atoms with Gasteiger partial charge in [-0.25, -0.2) is 4.67 Å². The molecule has 7 heteroatoms. The Balaban J connectivity index is 4.89. The molecule has 0 saturated heterocycles. The Hall–Kier alpha value is 0.760. The Bertz CT molecular complexity index is 332. The summed E-state index contributed by atoms with van der Waals surface area (Å²) in [5.74, 6) is -4.48. The van der Waals surface area contributed by atoms with Crippen LogP contribution in [-0.4, -0.2) is 36.0 Å². The number of hydrogen-bond acceptors (Lipinski definition) is 2. The third kappa shape index (κ3) is 6.83. The van der Waals surface area contributed by atoms with Gasteiger partial charge in [-0.05, 0) is 17.7 Å². The Morgan fingerprint density at radius 2 is 2.00 bits per heavy atom. The molecule has 0 aromatic carbocycles. The van der Waals surface area contributed by atoms with E-state index >= 15 is 0 Å². The summed E-state index contributed by atoms with van der Waals surface area (Å²) in [7, 11) is 0. The minimum atomic E-state index is -3.92. The second-order valence-electron chi connectivity index (χ2n) is 2.45. The fourth-order valence-electron chi connectivity index (χ4n) is 0.693. The molecule has 1 unspecified atom stereocenters. The van der Waals surface area contributed by atoms with Crippen molar-refractivity contribution in [3.05, 3.63) is 12.7 Å². The molecule has 0 radical (unpaired) electrons. The van der Waals surface area contributed by atoms with Gasteiger partial charge in [-0.3, -0.25) is 4.57 Å². The molecule has 90 valence electrons. The van der Waals surface area contributed by atoms with Crippen LogP contribution in [0.4, 0.5) is 0 Å². The lowest BCUT2D eigenvalue weighted by Gasteiger charge is -2.24. The summed E-state index contributed by atoms with van der Waals surface area (Å²) in [5.41, 5.74) is 0. The van der Waals surface area contributed by atoms with Crippen LogP contribution in [0.2, 0.25) is 0 Å². The highest BCUT2D eigenvalue weighted by molar-refractivity contribution is 7.83. The molecule has 0 fully saturated rings. The van der Waals surface area contributed by atoms with E-state index in [9.17, 15) is 4.57 Å². The van der Waals surface area contributed by atoms with E-state index in [2.05, 4.69) is 6.58 Å². The van der Waals surface area contributed by atoms with Gasteiger partial charge < -0.3 is 4.52 Å². The molecule has 0 heterocycles. The van der Waals surface area contributed by atoms with Crippen LogP contribution in [0.3, 0.4) is 0 Å². The van der Waals surface area contributed by atoms with E-state index in [1.165, 1.54) is 6.08 Å². The van der Waals surface area contributed by atoms with Crippen LogP contribution in [0.25, 0.3) is 0 Å². The molecule has 3 nitrogen and oxygen atoms in total. The van der Waals surface area contributed by atoms with Crippen molar-refractivity contribution in [3.63, 3.8) is 0 Å². The molecular weight excluding hydrogens is 279 g/mol. The fraction of sp³-hybridized carbons (Fsp3) is 0.750. The minimum Gasteiger partial charge on any atom is -0.306 e. The predicted molar refractivity (Wildman–Crippen MR) is 67.2 cm³/mol. The second kappa shape index (κ2) is 8.86. The van der Waals surface area contributed by atoms with E-state index in [1.807, 2.05) is 0 Å². The van der Waals surface area contributed by atoms with Gasteiger partial charge in [0.2, 0.25) is 0 Å². The maximum Gasteiger partial charge on any atom is 0.363 e. The molecule has 0 aliphatic heterocycles. The van der Waals surface area contributed by atoms with Crippen molar-refractivity contribution in [1.29, 1.82) is 0 Å². The van der Waals surface area contributed by atoms with Gasteiger partial charge in [-0.1, -0.05) is 6.08 Å². The van der Waals surface area contributed by atoms with Gasteiger partial charge in [0, 0.05) is 30.2 Å². The Morgan fingerprint density at radius 3 is 2.40 bits per heavy atom. The SMILES string of the molecule is [2H]C([2H])(Cl)CN(CC([2H])([2H])Cl)P(=O)(Cl)OCCC=C. The van der Waals surface area contributed by atoms with Crippen molar-refractivity contribution < 1.29 is 14.6 Å². The zero-order valence-electron chi connectivity index (χ0n) is 12.0. The molecule has 15 heavy (non-hydrogen) atoms. The summed E-state index contributed by atoms with van der Waals surface area (Å²) in [6, 6.07) is 0. The van der Waals surface area contributed by atoms with Gasteiger partial charge >= 0.3 is 6.87 Å². The van der Waals surface area contributed by atoms with Gasteiger partial charge in [-0.15, -0.1) is 29.8 Å². The van der Waals surface area contributed by atoms with Gasteiger partial charge in [-0.2, -0.15) is 0 Å². The lowest BCUT2D eigenvalue weighted by molar-refractivity contribution is 0.284. The minimum absolute atomic E-state index is 0.0113. The van der Waals surface area contributed by atoms with Gasteiger partial charge in [0.05, 0.1) is 6.61 Å². The fourth-order valence-corrected chi connectivity index (χ4v) is 2.65. The smallest absolute Gasteiger partial charge is 0.306 e. The Labute approximate surface area is 111 Å². The van der Waals surface area contributed by atoms with Crippen LogP contribution in [0.1, 0.15) is 11.9 Å². The third-order valence-corrected chi connectivity index (χ3v) is 4.03. The Morgan fingerprint density at radius 1 is 1.47 bits per heavy atom. The number of halogens is 3. The lowest BCUT2D eigenvalue weighted by atomic mass is 10.5. The first-order valence-electron chi connectivity index (χ1n) is 6.06. The van der Waals surface area contributed by atoms with Crippen LogP contribution in [0, 0.1) is 0 Å². The van der Waals surface area contributed by atoms with Crippen LogP contribution in [-0.2, 0) is 9.09 Å². The van der Waals surface area contributed by atoms with Crippen molar-refractivity contribution >= 4 is 41.3 Å². The second-order valence-corrected chi connectivity index (χ2v) is 5.99. The van der Waals surface area contributed by atoms with Crippen molar-refractivity contribution in [2.45, 2.75) is 6.42 Å². The highest BCUT2D eigenvalue weighted by atomic mass is 35.7. The number of alkyl halides is 2. The topological polar surface area (TPSA) is 29.5 Å². The van der Waals surface area contributed by atoms with Gasteiger partial charge in [0.15, 0.2) is 0 Å². The molecule has 0 aliphatic carbocycles. The highest BCUT2D eigenvalue weighted by Crippen LogP contribution is 2.55. The molecule has 0 aliphatic rings. The first-order chi connectivity index (χ1) is 8.37. The molecule has 0 saturated carbocycles. The largest absolute Gasteiger partial charge is 0.363 e. The maximum absolute atomic E-state index is 12.1. The summed E-state index contributed by atoms with van der Waals surface area (Å²) in [6.45, 7) is -1.63. The van der Waals surface area contributed by atoms with Crippen molar-refractivity contribution in [1.82, 2.24) is 4.67 Å². The third-order valence-electron chi connectivity index (χ3n) is 1.39. The Kier molecular flexibility index (Phi) is 5.76. The van der Waals surface area contributed by atoms with E-state index in [4.69, 9.17) is 44.4 Å². The van der Waals surface area contributed by atoms with E-state index in [0.29, 0.717) is 6.42 Å². The average Bonchev–Trinajstić information content (AvgIpc) is 2.12. The molecule has 0 bridgehead atoms. The van der Waals surface area contributed by atoms with Crippen molar-refractivity contribution in [3.8, 4) is 0 Å². The molecular formula is C8H15Cl3NO2P. The van der Waals surface area contributed by atoms with Crippen LogP contribution in [0.15, 0.2) is 12.7 Å². The standard InChI is InChI=1S/C8H15Cl3NO2P/c1-2-3-8-14-15(11,13)12(6-4-9)7-5-10/h2H,1,3-8H2/i4D2,5D2. The summed E-state index contributed by atoms with van der Waals surface area (Å²) in [4.78, 5) is 0. The van der Waals surface area contributed by atoms with Crippen molar-refractivity contribution in [2.75, 3.05) is 31.4 Å². The normalized spacial score (nSPS) is 21.1. The summed E-state index contributed by atoms with van der Waals surface area (Å²) in [5, 5.41) is 0. The van der Waals surface area contributed by atoms with Gasteiger partial charge in [0.25, 0.3) is 0 Å².